The largest absolute Gasteiger partial charge is 0.493 e. The molecule has 0 aliphatic rings. The molecule has 142 valence electrons. The molecule has 0 aromatic heterocycles. The van der Waals surface area contributed by atoms with Gasteiger partial charge in [0, 0.05) is 22.7 Å². The molecule has 0 bridgehead atoms. The van der Waals surface area contributed by atoms with Gasteiger partial charge in [0.15, 0.2) is 11.5 Å². The number of rotatable bonds is 8. The zero-order chi connectivity index (χ0) is 19.8. The van der Waals surface area contributed by atoms with Crippen LogP contribution in [0.25, 0.3) is 6.08 Å². The van der Waals surface area contributed by atoms with Gasteiger partial charge in [-0.3, -0.25) is 14.9 Å². The first-order chi connectivity index (χ1) is 12.9. The summed E-state index contributed by atoms with van der Waals surface area (Å²) in [7, 11) is 1.56. The van der Waals surface area contributed by atoms with Crippen LogP contribution in [0.3, 0.4) is 0 Å². The summed E-state index contributed by atoms with van der Waals surface area (Å²) in [5.74, 6) is 0.870. The molecule has 2 rings (SSSR count). The van der Waals surface area contributed by atoms with Gasteiger partial charge in [-0.25, -0.2) is 0 Å². The first-order valence-corrected chi connectivity index (χ1v) is 8.97. The molecule has 2 aromatic rings. The Hall–Kier alpha value is -2.87. The van der Waals surface area contributed by atoms with Crippen molar-refractivity contribution in [1.29, 1.82) is 0 Å². The maximum atomic E-state index is 12.1. The van der Waals surface area contributed by atoms with Gasteiger partial charge >= 0.3 is 0 Å². The van der Waals surface area contributed by atoms with E-state index in [1.165, 1.54) is 24.3 Å². The number of carbonyl (C=O) groups is 1. The molecule has 2 aromatic carbocycles. The standard InChI is InChI=1S/C19H19BrN2O5/c1-3-10-27-17-8-4-13(11-18(17)26-2)5-9-19(23)21-16-7-6-14(22(24)25)12-15(16)20/h4-9,11-12H,3,10H2,1-2H3,(H,21,23)/b9-5-. The van der Waals surface area contributed by atoms with E-state index in [4.69, 9.17) is 9.47 Å². The number of nitro benzene ring substituents is 1. The van der Waals surface area contributed by atoms with Gasteiger partial charge in [-0.2, -0.15) is 0 Å². The van der Waals surface area contributed by atoms with Gasteiger partial charge in [0.1, 0.15) is 0 Å². The number of carbonyl (C=O) groups excluding carboxylic acids is 1. The van der Waals surface area contributed by atoms with Crippen LogP contribution in [0.2, 0.25) is 0 Å². The Morgan fingerprint density at radius 3 is 2.67 bits per heavy atom. The summed E-state index contributed by atoms with van der Waals surface area (Å²) < 4.78 is 11.3. The smallest absolute Gasteiger partial charge is 0.270 e. The van der Waals surface area contributed by atoms with Crippen LogP contribution in [0.5, 0.6) is 11.5 Å². The molecular formula is C19H19BrN2O5. The van der Waals surface area contributed by atoms with Crippen LogP contribution in [0.4, 0.5) is 11.4 Å². The molecule has 0 fully saturated rings. The number of anilines is 1. The minimum atomic E-state index is -0.502. The van der Waals surface area contributed by atoms with E-state index in [2.05, 4.69) is 21.2 Å². The van der Waals surface area contributed by atoms with Crippen molar-refractivity contribution in [3.63, 3.8) is 0 Å². The first-order valence-electron chi connectivity index (χ1n) is 8.18. The molecule has 0 spiro atoms. The molecule has 0 radical (unpaired) electrons. The molecule has 27 heavy (non-hydrogen) atoms. The van der Waals surface area contributed by atoms with E-state index in [0.29, 0.717) is 28.3 Å². The number of nitrogens with one attached hydrogen (secondary N) is 1. The van der Waals surface area contributed by atoms with E-state index < -0.39 is 4.92 Å². The van der Waals surface area contributed by atoms with E-state index in [-0.39, 0.29) is 11.6 Å². The highest BCUT2D eigenvalue weighted by Gasteiger charge is 2.10. The Balaban J connectivity index is 2.07. The van der Waals surface area contributed by atoms with Crippen LogP contribution in [-0.4, -0.2) is 24.5 Å². The fourth-order valence-corrected chi connectivity index (χ4v) is 2.65. The summed E-state index contributed by atoms with van der Waals surface area (Å²) in [6, 6.07) is 9.51. The highest BCUT2D eigenvalue weighted by Crippen LogP contribution is 2.29. The number of benzene rings is 2. The van der Waals surface area contributed by atoms with Crippen LogP contribution >= 0.6 is 15.9 Å². The second kappa shape index (κ2) is 9.72. The van der Waals surface area contributed by atoms with Crippen molar-refractivity contribution in [1.82, 2.24) is 0 Å². The number of ether oxygens (including phenoxy) is 2. The average Bonchev–Trinajstić information content (AvgIpc) is 2.66. The van der Waals surface area contributed by atoms with Gasteiger partial charge in [0.2, 0.25) is 5.91 Å². The van der Waals surface area contributed by atoms with E-state index >= 15 is 0 Å². The first kappa shape index (κ1) is 20.4. The fraction of sp³-hybridized carbons (Fsp3) is 0.211. The molecule has 0 atom stereocenters. The zero-order valence-electron chi connectivity index (χ0n) is 14.9. The minimum absolute atomic E-state index is 0.0621. The molecule has 0 saturated carbocycles. The molecule has 7 nitrogen and oxygen atoms in total. The lowest BCUT2D eigenvalue weighted by molar-refractivity contribution is -0.384. The van der Waals surface area contributed by atoms with Gasteiger partial charge in [-0.1, -0.05) is 13.0 Å². The molecule has 0 aliphatic heterocycles. The molecule has 0 unspecified atom stereocenters. The lowest BCUT2D eigenvalue weighted by atomic mass is 10.2. The van der Waals surface area contributed by atoms with E-state index in [9.17, 15) is 14.9 Å². The number of halogens is 1. The highest BCUT2D eigenvalue weighted by atomic mass is 79.9. The van der Waals surface area contributed by atoms with Crippen molar-refractivity contribution in [3.05, 3.63) is 62.6 Å². The van der Waals surface area contributed by atoms with Crippen molar-refractivity contribution in [2.75, 3.05) is 19.0 Å². The van der Waals surface area contributed by atoms with Gasteiger partial charge < -0.3 is 14.8 Å². The summed E-state index contributed by atoms with van der Waals surface area (Å²) in [6.45, 7) is 2.61. The van der Waals surface area contributed by atoms with Gasteiger partial charge in [-0.05, 0) is 52.2 Å². The molecule has 1 N–H and O–H groups in total. The summed E-state index contributed by atoms with van der Waals surface area (Å²) in [4.78, 5) is 22.4. The predicted molar refractivity (Wildman–Crippen MR) is 107 cm³/mol. The zero-order valence-corrected chi connectivity index (χ0v) is 16.5. The Morgan fingerprint density at radius 1 is 1.26 bits per heavy atom. The third kappa shape index (κ3) is 5.82. The lowest BCUT2D eigenvalue weighted by Gasteiger charge is -2.10. The highest BCUT2D eigenvalue weighted by molar-refractivity contribution is 9.10. The Bertz CT molecular complexity index is 867. The SMILES string of the molecule is CCCOc1ccc(/C=C\C(=O)Nc2ccc([N+](=O)[O-])cc2Br)cc1OC. The maximum absolute atomic E-state index is 12.1. The minimum Gasteiger partial charge on any atom is -0.493 e. The predicted octanol–water partition coefficient (Wildman–Crippen LogP) is 4.81. The van der Waals surface area contributed by atoms with Gasteiger partial charge in [0.25, 0.3) is 5.69 Å². The number of hydrogen-bond acceptors (Lipinski definition) is 5. The van der Waals surface area contributed by atoms with Crippen LogP contribution in [-0.2, 0) is 4.79 Å². The molecule has 0 heterocycles. The third-order valence-electron chi connectivity index (χ3n) is 3.50. The number of amides is 1. The fourth-order valence-electron chi connectivity index (χ4n) is 2.18. The van der Waals surface area contributed by atoms with Gasteiger partial charge in [-0.15, -0.1) is 0 Å². The van der Waals surface area contributed by atoms with Gasteiger partial charge in [0.05, 0.1) is 24.3 Å². The summed E-state index contributed by atoms with van der Waals surface area (Å²) in [5, 5.41) is 13.4. The third-order valence-corrected chi connectivity index (χ3v) is 4.15. The summed E-state index contributed by atoms with van der Waals surface area (Å²) in [6.07, 6.45) is 3.90. The van der Waals surface area contributed by atoms with Crippen molar-refractivity contribution in [2.45, 2.75) is 13.3 Å². The van der Waals surface area contributed by atoms with Crippen LogP contribution < -0.4 is 14.8 Å². The van der Waals surface area contributed by atoms with E-state index in [1.54, 1.807) is 25.3 Å². The number of nitro groups is 1. The normalized spacial score (nSPS) is 10.6. The number of nitrogens with zero attached hydrogens (tertiary/aromatic N) is 1. The van der Waals surface area contributed by atoms with Crippen molar-refractivity contribution in [3.8, 4) is 11.5 Å². The van der Waals surface area contributed by atoms with Crippen LogP contribution in [0, 0.1) is 10.1 Å². The molecule has 1 amide bonds. The lowest BCUT2D eigenvalue weighted by Crippen LogP contribution is -2.08. The number of hydrogen-bond donors (Lipinski definition) is 1. The Labute approximate surface area is 165 Å². The molecular weight excluding hydrogens is 416 g/mol. The molecule has 0 aliphatic carbocycles. The quantitative estimate of drug-likeness (QED) is 0.365. The monoisotopic (exact) mass is 434 g/mol. The average molecular weight is 435 g/mol. The second-order valence-corrected chi connectivity index (χ2v) is 6.36. The van der Waals surface area contributed by atoms with Crippen molar-refractivity contribution >= 4 is 39.3 Å². The van der Waals surface area contributed by atoms with Crippen molar-refractivity contribution in [2.24, 2.45) is 0 Å². The topological polar surface area (TPSA) is 90.7 Å². The Morgan fingerprint density at radius 2 is 2.04 bits per heavy atom. The molecule has 8 heteroatoms. The van der Waals surface area contributed by atoms with Crippen LogP contribution in [0.15, 0.2) is 46.9 Å². The maximum Gasteiger partial charge on any atom is 0.270 e. The summed E-state index contributed by atoms with van der Waals surface area (Å²) in [5.41, 5.74) is 1.15. The van der Waals surface area contributed by atoms with Crippen LogP contribution in [0.1, 0.15) is 18.9 Å². The second-order valence-electron chi connectivity index (χ2n) is 5.50. The molecule has 0 saturated heterocycles. The summed E-state index contributed by atoms with van der Waals surface area (Å²) >= 11 is 3.21. The number of methoxy groups -OCH3 is 1. The van der Waals surface area contributed by atoms with E-state index in [0.717, 1.165) is 12.0 Å². The van der Waals surface area contributed by atoms with E-state index in [1.807, 2.05) is 13.0 Å². The van der Waals surface area contributed by atoms with Crippen molar-refractivity contribution < 1.29 is 19.2 Å². The number of non-ortho nitro benzene ring substituents is 1. The Kier molecular flexibility index (Phi) is 7.36.